The summed E-state index contributed by atoms with van der Waals surface area (Å²) in [6.45, 7) is -0.273. The molecule has 2 aromatic carbocycles. The van der Waals surface area contributed by atoms with Crippen LogP contribution < -0.4 is 14.4 Å². The van der Waals surface area contributed by atoms with E-state index in [2.05, 4.69) is 5.32 Å². The molecule has 1 fully saturated rings. The molecule has 0 spiro atoms. The number of nitrogens with one attached hydrogen (secondary N) is 1. The van der Waals surface area contributed by atoms with Crippen LogP contribution in [0.15, 0.2) is 54.6 Å². The number of sulfonamides is 1. The number of nitrogens with zero attached hydrogens (tertiary/aromatic N) is 1. The number of hydrogen-bond acceptors (Lipinski definition) is 4. The molecule has 0 aromatic heterocycles. The number of para-hydroxylation sites is 3. The third-order valence-electron chi connectivity index (χ3n) is 5.01. The molecular formula is C22H28N2O4S. The number of rotatable bonds is 7. The lowest BCUT2D eigenvalue weighted by atomic mass is 10.1. The molecule has 1 amide bonds. The lowest BCUT2D eigenvalue weighted by Crippen LogP contribution is -2.44. The van der Waals surface area contributed by atoms with Crippen LogP contribution in [0.1, 0.15) is 38.5 Å². The molecule has 0 aliphatic heterocycles. The molecule has 0 atom stereocenters. The van der Waals surface area contributed by atoms with Gasteiger partial charge in [0.25, 0.3) is 0 Å². The third-order valence-corrected chi connectivity index (χ3v) is 6.14. The van der Waals surface area contributed by atoms with Gasteiger partial charge >= 0.3 is 0 Å². The van der Waals surface area contributed by atoms with Crippen molar-refractivity contribution in [3.05, 3.63) is 54.6 Å². The zero-order chi connectivity index (χ0) is 20.7. The van der Waals surface area contributed by atoms with Crippen LogP contribution in [0.2, 0.25) is 0 Å². The van der Waals surface area contributed by atoms with E-state index in [9.17, 15) is 13.2 Å². The van der Waals surface area contributed by atoms with Crippen LogP contribution in [-0.4, -0.2) is 33.2 Å². The second-order valence-corrected chi connectivity index (χ2v) is 9.32. The van der Waals surface area contributed by atoms with Crippen molar-refractivity contribution < 1.29 is 17.9 Å². The average Bonchev–Trinajstić information content (AvgIpc) is 2.95. The van der Waals surface area contributed by atoms with Gasteiger partial charge < -0.3 is 10.1 Å². The van der Waals surface area contributed by atoms with Crippen molar-refractivity contribution in [1.82, 2.24) is 5.32 Å². The van der Waals surface area contributed by atoms with Gasteiger partial charge in [0.2, 0.25) is 15.9 Å². The molecule has 0 heterocycles. The minimum absolute atomic E-state index is 0.113. The van der Waals surface area contributed by atoms with Crippen LogP contribution >= 0.6 is 0 Å². The van der Waals surface area contributed by atoms with Crippen LogP contribution in [0.3, 0.4) is 0 Å². The van der Waals surface area contributed by atoms with Gasteiger partial charge in [-0.05, 0) is 37.1 Å². The molecule has 1 aliphatic rings. The average molecular weight is 417 g/mol. The van der Waals surface area contributed by atoms with Crippen molar-refractivity contribution in [1.29, 1.82) is 0 Å². The fourth-order valence-corrected chi connectivity index (χ4v) is 4.43. The molecule has 0 unspecified atom stereocenters. The van der Waals surface area contributed by atoms with E-state index >= 15 is 0 Å². The Bertz CT molecular complexity index is 907. The van der Waals surface area contributed by atoms with E-state index in [1.165, 1.54) is 12.8 Å². The predicted octanol–water partition coefficient (Wildman–Crippen LogP) is 4.08. The maximum absolute atomic E-state index is 12.7. The Morgan fingerprint density at radius 3 is 2.28 bits per heavy atom. The summed E-state index contributed by atoms with van der Waals surface area (Å²) < 4.78 is 32.0. The number of benzene rings is 2. The summed E-state index contributed by atoms with van der Waals surface area (Å²) in [5.74, 6) is 0.680. The van der Waals surface area contributed by atoms with Gasteiger partial charge in [-0.2, -0.15) is 0 Å². The molecule has 7 heteroatoms. The van der Waals surface area contributed by atoms with E-state index in [1.807, 2.05) is 18.2 Å². The molecule has 1 saturated carbocycles. The highest BCUT2D eigenvalue weighted by atomic mass is 32.2. The van der Waals surface area contributed by atoms with Gasteiger partial charge in [0.05, 0.1) is 11.9 Å². The minimum atomic E-state index is -3.68. The zero-order valence-electron chi connectivity index (χ0n) is 16.7. The van der Waals surface area contributed by atoms with E-state index in [0.29, 0.717) is 17.2 Å². The van der Waals surface area contributed by atoms with E-state index in [-0.39, 0.29) is 18.5 Å². The molecule has 29 heavy (non-hydrogen) atoms. The van der Waals surface area contributed by atoms with Crippen molar-refractivity contribution in [2.24, 2.45) is 0 Å². The molecule has 1 aliphatic carbocycles. The zero-order valence-corrected chi connectivity index (χ0v) is 17.5. The molecule has 156 valence electrons. The second kappa shape index (κ2) is 9.78. The van der Waals surface area contributed by atoms with Gasteiger partial charge in [-0.1, -0.05) is 56.0 Å². The van der Waals surface area contributed by atoms with Gasteiger partial charge in [-0.25, -0.2) is 8.42 Å². The first-order chi connectivity index (χ1) is 13.9. The summed E-state index contributed by atoms with van der Waals surface area (Å²) in [4.78, 5) is 12.7. The molecule has 2 aromatic rings. The van der Waals surface area contributed by atoms with Crippen molar-refractivity contribution in [3.8, 4) is 11.5 Å². The van der Waals surface area contributed by atoms with Gasteiger partial charge in [0.1, 0.15) is 12.3 Å². The van der Waals surface area contributed by atoms with Gasteiger partial charge in [0, 0.05) is 6.04 Å². The Hall–Kier alpha value is -2.54. The fourth-order valence-electron chi connectivity index (χ4n) is 3.57. The third kappa shape index (κ3) is 6.22. The van der Waals surface area contributed by atoms with Crippen LogP contribution in [0.4, 0.5) is 5.69 Å². The van der Waals surface area contributed by atoms with E-state index in [0.717, 1.165) is 36.2 Å². The van der Waals surface area contributed by atoms with Crippen molar-refractivity contribution in [2.75, 3.05) is 17.1 Å². The van der Waals surface area contributed by atoms with E-state index in [4.69, 9.17) is 4.74 Å². The van der Waals surface area contributed by atoms with E-state index in [1.54, 1.807) is 36.4 Å². The lowest BCUT2D eigenvalue weighted by Gasteiger charge is -2.25. The first kappa shape index (κ1) is 21.2. The Kier molecular flexibility index (Phi) is 7.14. The number of carbonyl (C=O) groups excluding carboxylic acids is 1. The number of hydrogen-bond donors (Lipinski definition) is 1. The first-order valence-corrected chi connectivity index (χ1v) is 11.9. The molecular weight excluding hydrogens is 388 g/mol. The SMILES string of the molecule is CS(=O)(=O)N(CC(=O)NC1CCCCCC1)c1ccccc1Oc1ccccc1. The molecule has 0 bridgehead atoms. The topological polar surface area (TPSA) is 75.7 Å². The summed E-state index contributed by atoms with van der Waals surface area (Å²) >= 11 is 0. The minimum Gasteiger partial charge on any atom is -0.455 e. The summed E-state index contributed by atoms with van der Waals surface area (Å²) in [6, 6.07) is 16.1. The quantitative estimate of drug-likeness (QED) is 0.690. The van der Waals surface area contributed by atoms with E-state index < -0.39 is 10.0 Å². The van der Waals surface area contributed by atoms with Crippen molar-refractivity contribution >= 4 is 21.6 Å². The van der Waals surface area contributed by atoms with Crippen LogP contribution in [-0.2, 0) is 14.8 Å². The Labute approximate surface area is 172 Å². The smallest absolute Gasteiger partial charge is 0.240 e. The molecule has 6 nitrogen and oxygen atoms in total. The summed E-state index contributed by atoms with van der Waals surface area (Å²) in [7, 11) is -3.68. The number of anilines is 1. The highest BCUT2D eigenvalue weighted by molar-refractivity contribution is 7.92. The Morgan fingerprint density at radius 2 is 1.62 bits per heavy atom. The molecule has 0 saturated heterocycles. The van der Waals surface area contributed by atoms with Crippen LogP contribution in [0, 0.1) is 0 Å². The number of amides is 1. The lowest BCUT2D eigenvalue weighted by molar-refractivity contribution is -0.120. The largest absolute Gasteiger partial charge is 0.455 e. The van der Waals surface area contributed by atoms with Crippen LogP contribution in [0.5, 0.6) is 11.5 Å². The summed E-state index contributed by atoms with van der Waals surface area (Å²) in [6.07, 6.45) is 7.54. The van der Waals surface area contributed by atoms with Crippen molar-refractivity contribution in [2.45, 2.75) is 44.6 Å². The van der Waals surface area contributed by atoms with Gasteiger partial charge in [-0.3, -0.25) is 9.10 Å². The van der Waals surface area contributed by atoms with Gasteiger partial charge in [-0.15, -0.1) is 0 Å². The standard InChI is InChI=1S/C22H28N2O4S/c1-29(26,27)24(17-22(25)23-18-11-5-2-3-6-12-18)20-15-9-10-16-21(20)28-19-13-7-4-8-14-19/h4,7-10,13-16,18H,2-3,5-6,11-12,17H2,1H3,(H,23,25). The first-order valence-electron chi connectivity index (χ1n) is 10.0. The molecule has 1 N–H and O–H groups in total. The summed E-state index contributed by atoms with van der Waals surface area (Å²) in [5.41, 5.74) is 0.342. The fraction of sp³-hybridized carbons (Fsp3) is 0.409. The normalized spacial score (nSPS) is 15.3. The number of carbonyl (C=O) groups is 1. The summed E-state index contributed by atoms with van der Waals surface area (Å²) in [5, 5.41) is 3.01. The maximum Gasteiger partial charge on any atom is 0.240 e. The monoisotopic (exact) mass is 416 g/mol. The van der Waals surface area contributed by atoms with Crippen molar-refractivity contribution in [3.63, 3.8) is 0 Å². The Morgan fingerprint density at radius 1 is 1.00 bits per heavy atom. The second-order valence-electron chi connectivity index (χ2n) is 7.41. The molecule has 3 rings (SSSR count). The maximum atomic E-state index is 12.7. The predicted molar refractivity (Wildman–Crippen MR) is 115 cm³/mol. The van der Waals surface area contributed by atoms with Crippen LogP contribution in [0.25, 0.3) is 0 Å². The highest BCUT2D eigenvalue weighted by Gasteiger charge is 2.25. The highest BCUT2D eigenvalue weighted by Crippen LogP contribution is 2.33. The number of ether oxygens (including phenoxy) is 1. The Balaban J connectivity index is 1.79. The molecule has 0 radical (unpaired) electrons. The van der Waals surface area contributed by atoms with Gasteiger partial charge in [0.15, 0.2) is 5.75 Å².